The third-order valence-electron chi connectivity index (χ3n) is 5.45. The van der Waals surface area contributed by atoms with Gasteiger partial charge < -0.3 is 5.11 Å². The molecule has 130 valence electrons. The number of aromatic amines is 1. The molecule has 4 rings (SSSR count). The molecule has 2 aliphatic rings. The summed E-state index contributed by atoms with van der Waals surface area (Å²) >= 11 is 6.20. The second-order valence-electron chi connectivity index (χ2n) is 7.30. The van der Waals surface area contributed by atoms with Crippen LogP contribution in [0, 0.1) is 11.8 Å². The molecule has 2 fully saturated rings. The van der Waals surface area contributed by atoms with Gasteiger partial charge in [0.2, 0.25) is 10.0 Å². The fraction of sp³-hybridized carbons (Fsp3) is 0.562. The van der Waals surface area contributed by atoms with Crippen molar-refractivity contribution in [3.05, 3.63) is 28.9 Å². The molecule has 8 heteroatoms. The van der Waals surface area contributed by atoms with Gasteiger partial charge in [0, 0.05) is 16.5 Å². The smallest absolute Gasteiger partial charge is 0.208 e. The van der Waals surface area contributed by atoms with Gasteiger partial charge in [0.25, 0.3) is 0 Å². The zero-order chi connectivity index (χ0) is 17.1. The normalized spacial score (nSPS) is 33.2. The number of hydrogen-bond donors (Lipinski definition) is 3. The molecular formula is C16H20ClN3O3S. The van der Waals surface area contributed by atoms with E-state index in [0.717, 1.165) is 29.3 Å². The van der Waals surface area contributed by atoms with E-state index in [0.29, 0.717) is 29.7 Å². The first-order valence-electron chi connectivity index (χ1n) is 8.06. The topological polar surface area (TPSA) is 95.1 Å². The first-order chi connectivity index (χ1) is 11.2. The minimum absolute atomic E-state index is 0.0205. The molecule has 0 radical (unpaired) electrons. The van der Waals surface area contributed by atoms with E-state index in [1.54, 1.807) is 12.3 Å². The van der Waals surface area contributed by atoms with Gasteiger partial charge >= 0.3 is 0 Å². The number of aliphatic hydroxyl groups is 1. The molecule has 4 atom stereocenters. The molecule has 2 aromatic rings. The van der Waals surface area contributed by atoms with Crippen molar-refractivity contribution in [2.24, 2.45) is 11.8 Å². The van der Waals surface area contributed by atoms with Crippen LogP contribution >= 0.6 is 11.6 Å². The predicted octanol–water partition coefficient (Wildman–Crippen LogP) is 2.14. The van der Waals surface area contributed by atoms with Gasteiger partial charge in [-0.2, -0.15) is 5.10 Å². The van der Waals surface area contributed by atoms with Gasteiger partial charge in [0.1, 0.15) is 0 Å². The largest absolute Gasteiger partial charge is 0.385 e. The molecule has 0 spiro atoms. The summed E-state index contributed by atoms with van der Waals surface area (Å²) in [6.07, 6.45) is 5.71. The summed E-state index contributed by atoms with van der Waals surface area (Å²) in [6.45, 7) is 0. The van der Waals surface area contributed by atoms with E-state index in [-0.39, 0.29) is 6.04 Å². The first-order valence-corrected chi connectivity index (χ1v) is 10.3. The van der Waals surface area contributed by atoms with Crippen molar-refractivity contribution >= 4 is 32.5 Å². The quantitative estimate of drug-likeness (QED) is 0.772. The standard InChI is InChI=1S/C16H20ClN3O3S/c1-24(22,23)20-12-2-9-6-16(21,7-10(9)3-12)14-4-11(17)5-15-13(14)8-18-19-15/h4-5,8-10,12,20-21H,2-3,6-7H2,1H3,(H,18,19)/t9-,10+,12-,16+. The number of nitrogens with zero attached hydrogens (tertiary/aromatic N) is 1. The third kappa shape index (κ3) is 2.83. The molecule has 24 heavy (non-hydrogen) atoms. The van der Waals surface area contributed by atoms with Crippen molar-refractivity contribution < 1.29 is 13.5 Å². The Balaban J connectivity index is 1.60. The van der Waals surface area contributed by atoms with E-state index in [9.17, 15) is 13.5 Å². The zero-order valence-electron chi connectivity index (χ0n) is 13.3. The van der Waals surface area contributed by atoms with Crippen molar-refractivity contribution in [3.63, 3.8) is 0 Å². The first kappa shape index (κ1) is 16.3. The summed E-state index contributed by atoms with van der Waals surface area (Å²) < 4.78 is 25.6. The summed E-state index contributed by atoms with van der Waals surface area (Å²) in [5.74, 6) is 0.630. The van der Waals surface area contributed by atoms with E-state index >= 15 is 0 Å². The van der Waals surface area contributed by atoms with Gasteiger partial charge in [-0.3, -0.25) is 5.10 Å². The van der Waals surface area contributed by atoms with Crippen LogP contribution in [0.3, 0.4) is 0 Å². The van der Waals surface area contributed by atoms with Crippen LogP contribution in [0.25, 0.3) is 10.9 Å². The van der Waals surface area contributed by atoms with E-state index in [2.05, 4.69) is 14.9 Å². The van der Waals surface area contributed by atoms with Crippen LogP contribution in [0.4, 0.5) is 0 Å². The Morgan fingerprint density at radius 3 is 2.62 bits per heavy atom. The molecule has 0 aliphatic heterocycles. The highest BCUT2D eigenvalue weighted by atomic mass is 35.5. The summed E-state index contributed by atoms with van der Waals surface area (Å²) in [4.78, 5) is 0. The number of halogens is 1. The van der Waals surface area contributed by atoms with Gasteiger partial charge in [-0.25, -0.2) is 13.1 Å². The lowest BCUT2D eigenvalue weighted by molar-refractivity contribution is 0.0360. The van der Waals surface area contributed by atoms with Crippen molar-refractivity contribution in [2.75, 3.05) is 6.26 Å². The maximum absolute atomic E-state index is 11.4. The average Bonchev–Trinajstić information content (AvgIpc) is 3.09. The van der Waals surface area contributed by atoms with Crippen molar-refractivity contribution in [1.29, 1.82) is 0 Å². The van der Waals surface area contributed by atoms with Crippen molar-refractivity contribution in [3.8, 4) is 0 Å². The van der Waals surface area contributed by atoms with Crippen LogP contribution in [0.1, 0.15) is 31.2 Å². The number of H-pyrrole nitrogens is 1. The van der Waals surface area contributed by atoms with Crippen LogP contribution < -0.4 is 4.72 Å². The summed E-state index contributed by atoms with van der Waals surface area (Å²) in [5.41, 5.74) is 0.707. The molecule has 6 nitrogen and oxygen atoms in total. The fourth-order valence-electron chi connectivity index (χ4n) is 4.68. The molecule has 0 saturated heterocycles. The monoisotopic (exact) mass is 369 g/mol. The molecule has 3 N–H and O–H groups in total. The number of benzene rings is 1. The van der Waals surface area contributed by atoms with E-state index < -0.39 is 15.6 Å². The van der Waals surface area contributed by atoms with Crippen LogP contribution in [-0.4, -0.2) is 36.0 Å². The maximum Gasteiger partial charge on any atom is 0.208 e. The Bertz CT molecular complexity index is 881. The number of nitrogens with one attached hydrogen (secondary N) is 2. The van der Waals surface area contributed by atoms with Gasteiger partial charge in [-0.15, -0.1) is 0 Å². The minimum Gasteiger partial charge on any atom is -0.385 e. The van der Waals surface area contributed by atoms with Crippen molar-refractivity contribution in [1.82, 2.24) is 14.9 Å². The Labute approximate surface area is 145 Å². The van der Waals surface area contributed by atoms with Crippen LogP contribution in [0.2, 0.25) is 5.02 Å². The lowest BCUT2D eigenvalue weighted by Gasteiger charge is -2.26. The number of fused-ring (bicyclic) bond motifs is 2. The van der Waals surface area contributed by atoms with Crippen LogP contribution in [0.15, 0.2) is 18.3 Å². The van der Waals surface area contributed by atoms with Gasteiger partial charge in [0.05, 0.1) is 23.6 Å². The Kier molecular flexibility index (Phi) is 3.69. The van der Waals surface area contributed by atoms with E-state index in [4.69, 9.17) is 11.6 Å². The zero-order valence-corrected chi connectivity index (χ0v) is 14.9. The number of aromatic nitrogens is 2. The highest BCUT2D eigenvalue weighted by Gasteiger charge is 2.50. The SMILES string of the molecule is CS(=O)(=O)N[C@@H]1C[C@@H]2C[C@@](O)(c3cc(Cl)cc4[nH]ncc34)C[C@@H]2C1. The van der Waals surface area contributed by atoms with Crippen LogP contribution in [0.5, 0.6) is 0 Å². The summed E-state index contributed by atoms with van der Waals surface area (Å²) in [5, 5.41) is 19.7. The van der Waals surface area contributed by atoms with Gasteiger partial charge in [-0.05, 0) is 55.2 Å². The Hall–Kier alpha value is -1.15. The number of hydrogen-bond acceptors (Lipinski definition) is 4. The second kappa shape index (κ2) is 5.42. The maximum atomic E-state index is 11.4. The third-order valence-corrected chi connectivity index (χ3v) is 6.43. The molecule has 1 aromatic heterocycles. The summed E-state index contributed by atoms with van der Waals surface area (Å²) in [6, 6.07) is 3.61. The van der Waals surface area contributed by atoms with Crippen LogP contribution in [-0.2, 0) is 15.6 Å². The molecule has 1 aromatic carbocycles. The highest BCUT2D eigenvalue weighted by molar-refractivity contribution is 7.88. The van der Waals surface area contributed by atoms with E-state index in [1.807, 2.05) is 6.07 Å². The molecule has 0 amide bonds. The predicted molar refractivity (Wildman–Crippen MR) is 92.2 cm³/mol. The molecule has 0 unspecified atom stereocenters. The highest BCUT2D eigenvalue weighted by Crippen LogP contribution is 2.54. The fourth-order valence-corrected chi connectivity index (χ4v) is 5.70. The van der Waals surface area contributed by atoms with Gasteiger partial charge in [-0.1, -0.05) is 11.6 Å². The second-order valence-corrected chi connectivity index (χ2v) is 9.52. The Morgan fingerprint density at radius 2 is 2.00 bits per heavy atom. The number of rotatable bonds is 3. The van der Waals surface area contributed by atoms with Gasteiger partial charge in [0.15, 0.2) is 0 Å². The molecular weight excluding hydrogens is 350 g/mol. The lowest BCUT2D eigenvalue weighted by Crippen LogP contribution is -2.33. The number of sulfonamides is 1. The molecule has 2 aliphatic carbocycles. The summed E-state index contributed by atoms with van der Waals surface area (Å²) in [7, 11) is -3.19. The molecule has 2 saturated carbocycles. The Morgan fingerprint density at radius 1 is 1.33 bits per heavy atom. The van der Waals surface area contributed by atoms with E-state index in [1.165, 1.54) is 6.26 Å². The molecule has 1 heterocycles. The molecule has 0 bridgehead atoms. The van der Waals surface area contributed by atoms with Crippen molar-refractivity contribution in [2.45, 2.75) is 37.3 Å². The minimum atomic E-state index is -3.19. The lowest BCUT2D eigenvalue weighted by atomic mass is 9.87. The average molecular weight is 370 g/mol.